The van der Waals surface area contributed by atoms with Gasteiger partial charge in [0.1, 0.15) is 11.5 Å². The summed E-state index contributed by atoms with van der Waals surface area (Å²) in [5, 5.41) is 21.1. The zero-order chi connectivity index (χ0) is 17.6. The Morgan fingerprint density at radius 1 is 0.880 bits per heavy atom. The zero-order valence-electron chi connectivity index (χ0n) is 15.3. The number of phenolic OH excluding ortho intramolecular Hbond substituents is 2. The summed E-state index contributed by atoms with van der Waals surface area (Å²) < 4.78 is 0. The first kappa shape index (κ1) is 17.8. The fraction of sp³-hybridized carbons (Fsp3) is 0.478. The van der Waals surface area contributed by atoms with E-state index in [4.69, 9.17) is 0 Å². The molecule has 1 aliphatic rings. The van der Waals surface area contributed by atoms with Gasteiger partial charge in [-0.2, -0.15) is 0 Å². The number of unbranched alkanes of at least 4 members (excludes halogenated alkanes) is 2. The first-order valence-electron chi connectivity index (χ1n) is 9.85. The van der Waals surface area contributed by atoms with E-state index < -0.39 is 0 Å². The molecule has 0 amide bonds. The molecular weight excluding hydrogens is 308 g/mol. The molecule has 25 heavy (non-hydrogen) atoms. The zero-order valence-corrected chi connectivity index (χ0v) is 15.3. The van der Waals surface area contributed by atoms with Crippen LogP contribution in [0.25, 0.3) is 11.1 Å². The van der Waals surface area contributed by atoms with Crippen LogP contribution in [0.5, 0.6) is 11.5 Å². The van der Waals surface area contributed by atoms with Crippen molar-refractivity contribution >= 4 is 0 Å². The van der Waals surface area contributed by atoms with Gasteiger partial charge in [0.05, 0.1) is 0 Å². The number of para-hydroxylation sites is 1. The Morgan fingerprint density at radius 3 is 2.36 bits per heavy atom. The van der Waals surface area contributed by atoms with Gasteiger partial charge in [-0.15, -0.1) is 0 Å². The van der Waals surface area contributed by atoms with Crippen molar-refractivity contribution in [3.05, 3.63) is 47.5 Å². The highest BCUT2D eigenvalue weighted by Gasteiger charge is 2.25. The summed E-state index contributed by atoms with van der Waals surface area (Å²) in [5.74, 6) is 1.04. The van der Waals surface area contributed by atoms with Crippen molar-refractivity contribution < 1.29 is 10.2 Å². The van der Waals surface area contributed by atoms with E-state index in [2.05, 4.69) is 13.0 Å². The number of aromatic hydroxyl groups is 2. The van der Waals surface area contributed by atoms with Crippen LogP contribution in [0.2, 0.25) is 0 Å². The van der Waals surface area contributed by atoms with Crippen molar-refractivity contribution in [3.8, 4) is 22.6 Å². The third-order valence-corrected chi connectivity index (χ3v) is 5.55. The molecule has 0 aliphatic heterocycles. The molecule has 2 N–H and O–H groups in total. The van der Waals surface area contributed by atoms with Crippen LogP contribution in [-0.4, -0.2) is 10.2 Å². The number of aryl methyl sites for hydroxylation is 1. The highest BCUT2D eigenvalue weighted by atomic mass is 16.3. The minimum absolute atomic E-state index is 0.251. The van der Waals surface area contributed by atoms with Gasteiger partial charge < -0.3 is 10.2 Å². The molecule has 0 spiro atoms. The summed E-state index contributed by atoms with van der Waals surface area (Å²) in [6.07, 6.45) is 10.9. The summed E-state index contributed by atoms with van der Waals surface area (Å²) in [7, 11) is 0. The molecule has 1 aliphatic carbocycles. The lowest BCUT2D eigenvalue weighted by Crippen LogP contribution is -2.10. The van der Waals surface area contributed by atoms with E-state index in [1.807, 2.05) is 24.3 Å². The van der Waals surface area contributed by atoms with Gasteiger partial charge in [-0.3, -0.25) is 0 Å². The topological polar surface area (TPSA) is 40.5 Å². The van der Waals surface area contributed by atoms with Crippen molar-refractivity contribution in [2.24, 2.45) is 0 Å². The molecule has 0 aromatic heterocycles. The molecule has 3 rings (SSSR count). The molecule has 134 valence electrons. The summed E-state index contributed by atoms with van der Waals surface area (Å²) >= 11 is 0. The molecule has 0 unspecified atom stereocenters. The SMILES string of the molecule is CCCCCc1ccc(O)c(-c2ccccc2O)c1C1CCCCC1. The normalized spacial score (nSPS) is 15.4. The quantitative estimate of drug-likeness (QED) is 0.587. The van der Waals surface area contributed by atoms with E-state index >= 15 is 0 Å². The predicted octanol–water partition coefficient (Wildman–Crippen LogP) is 6.55. The highest BCUT2D eigenvalue weighted by molar-refractivity contribution is 5.79. The molecule has 0 radical (unpaired) electrons. The Balaban J connectivity index is 2.11. The predicted molar refractivity (Wildman–Crippen MR) is 104 cm³/mol. The van der Waals surface area contributed by atoms with Crippen molar-refractivity contribution in [1.29, 1.82) is 0 Å². The summed E-state index contributed by atoms with van der Waals surface area (Å²) in [6, 6.07) is 11.3. The average Bonchev–Trinajstić information content (AvgIpc) is 2.64. The van der Waals surface area contributed by atoms with Crippen LogP contribution < -0.4 is 0 Å². The maximum atomic E-state index is 10.7. The second kappa shape index (κ2) is 8.42. The monoisotopic (exact) mass is 338 g/mol. The number of rotatable bonds is 6. The second-order valence-corrected chi connectivity index (χ2v) is 7.34. The van der Waals surface area contributed by atoms with Gasteiger partial charge in [0.2, 0.25) is 0 Å². The maximum absolute atomic E-state index is 10.7. The first-order chi connectivity index (χ1) is 12.2. The van der Waals surface area contributed by atoms with Crippen LogP contribution in [-0.2, 0) is 6.42 Å². The summed E-state index contributed by atoms with van der Waals surface area (Å²) in [5.41, 5.74) is 4.27. The van der Waals surface area contributed by atoms with Crippen LogP contribution in [0.4, 0.5) is 0 Å². The largest absolute Gasteiger partial charge is 0.507 e. The van der Waals surface area contributed by atoms with E-state index in [9.17, 15) is 10.2 Å². The fourth-order valence-electron chi connectivity index (χ4n) is 4.26. The number of hydrogen-bond acceptors (Lipinski definition) is 2. The molecule has 0 atom stereocenters. The van der Waals surface area contributed by atoms with E-state index in [1.54, 1.807) is 6.07 Å². The van der Waals surface area contributed by atoms with Gasteiger partial charge in [0, 0.05) is 11.1 Å². The van der Waals surface area contributed by atoms with Crippen LogP contribution >= 0.6 is 0 Å². The Labute approximate surface area is 151 Å². The number of hydrogen-bond donors (Lipinski definition) is 2. The average molecular weight is 338 g/mol. The molecule has 2 aromatic carbocycles. The molecule has 2 nitrogen and oxygen atoms in total. The van der Waals surface area contributed by atoms with E-state index in [0.717, 1.165) is 17.5 Å². The third-order valence-electron chi connectivity index (χ3n) is 5.55. The van der Waals surface area contributed by atoms with Crippen LogP contribution in [0.15, 0.2) is 36.4 Å². The van der Waals surface area contributed by atoms with E-state index in [0.29, 0.717) is 11.7 Å². The lowest BCUT2D eigenvalue weighted by atomic mass is 9.77. The lowest BCUT2D eigenvalue weighted by molar-refractivity contribution is 0.436. The molecule has 1 saturated carbocycles. The van der Waals surface area contributed by atoms with Gasteiger partial charge >= 0.3 is 0 Å². The molecule has 2 aromatic rings. The first-order valence-corrected chi connectivity index (χ1v) is 9.85. The molecule has 0 bridgehead atoms. The van der Waals surface area contributed by atoms with Crippen LogP contribution in [0.3, 0.4) is 0 Å². The third kappa shape index (κ3) is 4.00. The molecular formula is C23H30O2. The number of benzene rings is 2. The summed E-state index contributed by atoms with van der Waals surface area (Å²) in [4.78, 5) is 0. The second-order valence-electron chi connectivity index (χ2n) is 7.34. The maximum Gasteiger partial charge on any atom is 0.123 e. The van der Waals surface area contributed by atoms with E-state index in [-0.39, 0.29) is 5.75 Å². The minimum atomic E-state index is 0.251. The summed E-state index contributed by atoms with van der Waals surface area (Å²) in [6.45, 7) is 2.23. The van der Waals surface area contributed by atoms with Crippen molar-refractivity contribution in [2.45, 2.75) is 70.6 Å². The minimum Gasteiger partial charge on any atom is -0.507 e. The van der Waals surface area contributed by atoms with Gasteiger partial charge in [-0.25, -0.2) is 0 Å². The molecule has 1 fully saturated rings. The van der Waals surface area contributed by atoms with E-state index in [1.165, 1.54) is 62.5 Å². The Bertz CT molecular complexity index is 699. The highest BCUT2D eigenvalue weighted by Crippen LogP contribution is 2.46. The molecule has 0 heterocycles. The molecule has 2 heteroatoms. The van der Waals surface area contributed by atoms with Gasteiger partial charge in [-0.05, 0) is 54.9 Å². The Kier molecular flexibility index (Phi) is 6.01. The Morgan fingerprint density at radius 2 is 1.64 bits per heavy atom. The van der Waals surface area contributed by atoms with Crippen molar-refractivity contribution in [3.63, 3.8) is 0 Å². The van der Waals surface area contributed by atoms with Gasteiger partial charge in [0.15, 0.2) is 0 Å². The smallest absolute Gasteiger partial charge is 0.123 e. The Hall–Kier alpha value is -1.96. The molecule has 0 saturated heterocycles. The van der Waals surface area contributed by atoms with Crippen molar-refractivity contribution in [1.82, 2.24) is 0 Å². The van der Waals surface area contributed by atoms with Gasteiger partial charge in [0.25, 0.3) is 0 Å². The number of phenols is 2. The van der Waals surface area contributed by atoms with Crippen LogP contribution in [0.1, 0.15) is 75.3 Å². The fourth-order valence-corrected chi connectivity index (χ4v) is 4.26. The van der Waals surface area contributed by atoms with Crippen LogP contribution in [0, 0.1) is 0 Å². The standard InChI is InChI=1S/C23H30O2/c1-2-3-5-10-18-15-16-21(25)23(19-13-8-9-14-20(19)24)22(18)17-11-6-4-7-12-17/h8-9,13-17,24-25H,2-7,10-12H2,1H3. The lowest BCUT2D eigenvalue weighted by Gasteiger charge is -2.28. The van der Waals surface area contributed by atoms with Gasteiger partial charge in [-0.1, -0.05) is 63.3 Å². The van der Waals surface area contributed by atoms with Crippen molar-refractivity contribution in [2.75, 3.05) is 0 Å².